The Labute approximate surface area is 146 Å². The minimum Gasteiger partial charge on any atom is -0.341 e. The van der Waals surface area contributed by atoms with Crippen LogP contribution in [0, 0.1) is 28.6 Å². The van der Waals surface area contributed by atoms with Crippen LogP contribution in [0.3, 0.4) is 0 Å². The molecule has 5 atom stereocenters. The Bertz CT molecular complexity index is 904. The molecule has 5 unspecified atom stereocenters. The maximum atomic E-state index is 12.8. The Balaban J connectivity index is 1.21. The lowest BCUT2D eigenvalue weighted by molar-refractivity contribution is -0.244. The van der Waals surface area contributed by atoms with Crippen LogP contribution in [0.15, 0.2) is 18.2 Å². The predicted octanol–water partition coefficient (Wildman–Crippen LogP) is 3.18. The molecule has 6 rings (SSSR count). The van der Waals surface area contributed by atoms with Gasteiger partial charge in [-0.1, -0.05) is 0 Å². The molecule has 0 aliphatic heterocycles. The zero-order valence-corrected chi connectivity index (χ0v) is 14.3. The summed E-state index contributed by atoms with van der Waals surface area (Å²) in [5.74, 6) is 3.73. The highest BCUT2D eigenvalue weighted by atomic mass is 16.1. The molecule has 4 aliphatic rings. The van der Waals surface area contributed by atoms with Crippen LogP contribution in [0.4, 0.5) is 5.69 Å². The number of carbonyl (C=O) groups is 1. The quantitative estimate of drug-likeness (QED) is 0.802. The fourth-order valence-electron chi connectivity index (χ4n) is 7.45. The fourth-order valence-corrected chi connectivity index (χ4v) is 7.45. The van der Waals surface area contributed by atoms with E-state index in [2.05, 4.69) is 15.3 Å². The number of nitrogens with two attached hydrogens (primary N) is 1. The zero-order valence-electron chi connectivity index (χ0n) is 14.3. The van der Waals surface area contributed by atoms with Gasteiger partial charge in [-0.25, -0.2) is 4.98 Å². The van der Waals surface area contributed by atoms with Gasteiger partial charge in [0.15, 0.2) is 0 Å². The summed E-state index contributed by atoms with van der Waals surface area (Å²) in [6, 6.07) is 5.85. The molecule has 0 radical (unpaired) electrons. The van der Waals surface area contributed by atoms with Gasteiger partial charge in [-0.15, -0.1) is 0 Å². The zero-order chi connectivity index (χ0) is 16.8. The first kappa shape index (κ1) is 14.3. The van der Waals surface area contributed by atoms with E-state index >= 15 is 0 Å². The predicted molar refractivity (Wildman–Crippen MR) is 95.7 cm³/mol. The van der Waals surface area contributed by atoms with Crippen molar-refractivity contribution in [1.29, 1.82) is 0 Å². The number of hydrogen-bond donors (Lipinski definition) is 3. The number of nitrogens with zero attached hydrogens (tertiary/aromatic N) is 1. The molecule has 1 spiro atoms. The Hall–Kier alpha value is -1.88. The Morgan fingerprint density at radius 1 is 1.28 bits per heavy atom. The minimum absolute atomic E-state index is 0.181. The number of nitrogens with one attached hydrogen (secondary N) is 2. The van der Waals surface area contributed by atoms with Gasteiger partial charge in [0, 0.05) is 12.1 Å². The molecule has 1 heterocycles. The molecule has 5 nitrogen and oxygen atoms in total. The number of amides is 1. The normalized spacial score (nSPS) is 39.8. The molecule has 25 heavy (non-hydrogen) atoms. The first-order valence-corrected chi connectivity index (χ1v) is 9.60. The largest absolute Gasteiger partial charge is 0.341 e. The summed E-state index contributed by atoms with van der Waals surface area (Å²) in [4.78, 5) is 20.4. The maximum absolute atomic E-state index is 12.8. The summed E-state index contributed by atoms with van der Waals surface area (Å²) in [6.45, 7) is 0.393. The van der Waals surface area contributed by atoms with Crippen LogP contribution >= 0.6 is 0 Å². The molecule has 4 N–H and O–H groups in total. The molecular weight excluding hydrogens is 312 g/mol. The Kier molecular flexibility index (Phi) is 2.54. The highest BCUT2D eigenvalue weighted by Gasteiger charge is 2.80. The SMILES string of the molecule is NCc1nc2cc(NC(=O)CC34CC5CC6CC(C3)C64C5)ccc2[nH]1. The highest BCUT2D eigenvalue weighted by Crippen LogP contribution is 2.87. The third-order valence-corrected chi connectivity index (χ3v) is 8.08. The molecule has 4 saturated carbocycles. The van der Waals surface area contributed by atoms with Gasteiger partial charge in [-0.05, 0) is 78.9 Å². The third-order valence-electron chi connectivity index (χ3n) is 8.08. The summed E-state index contributed by atoms with van der Waals surface area (Å²) in [7, 11) is 0. The van der Waals surface area contributed by atoms with E-state index in [0.29, 0.717) is 23.8 Å². The molecule has 5 heteroatoms. The summed E-state index contributed by atoms with van der Waals surface area (Å²) in [5, 5.41) is 3.13. The first-order chi connectivity index (χ1) is 12.1. The standard InChI is InChI=1S/C20H24N4O/c21-10-17-23-15-2-1-14(5-16(15)24-17)22-18(25)9-19-6-11-3-12-4-13(8-19)20(12,19)7-11/h1-2,5,11-13H,3-4,6-10,21H2,(H,22,25)(H,23,24). The van der Waals surface area contributed by atoms with Crippen LogP contribution in [0.25, 0.3) is 11.0 Å². The third kappa shape index (κ3) is 1.63. The molecule has 1 aromatic heterocycles. The highest BCUT2D eigenvalue weighted by molar-refractivity contribution is 5.93. The molecule has 1 aromatic carbocycles. The molecule has 1 amide bonds. The van der Waals surface area contributed by atoms with Crippen molar-refractivity contribution in [2.75, 3.05) is 5.32 Å². The maximum Gasteiger partial charge on any atom is 0.224 e. The molecular formula is C20H24N4O. The van der Waals surface area contributed by atoms with Crippen molar-refractivity contribution in [3.8, 4) is 0 Å². The van der Waals surface area contributed by atoms with E-state index in [4.69, 9.17) is 5.73 Å². The van der Waals surface area contributed by atoms with E-state index in [-0.39, 0.29) is 5.91 Å². The van der Waals surface area contributed by atoms with Crippen molar-refractivity contribution in [1.82, 2.24) is 9.97 Å². The second kappa shape index (κ2) is 4.44. The number of aromatic nitrogens is 2. The van der Waals surface area contributed by atoms with Crippen LogP contribution in [-0.4, -0.2) is 15.9 Å². The summed E-state index contributed by atoms with van der Waals surface area (Å²) in [6.07, 6.45) is 7.61. The second-order valence-corrected chi connectivity index (χ2v) is 9.01. The smallest absolute Gasteiger partial charge is 0.224 e. The number of hydrogen-bond acceptors (Lipinski definition) is 3. The van der Waals surface area contributed by atoms with E-state index in [0.717, 1.165) is 40.3 Å². The molecule has 2 bridgehead atoms. The van der Waals surface area contributed by atoms with Gasteiger partial charge in [0.05, 0.1) is 17.6 Å². The van der Waals surface area contributed by atoms with Gasteiger partial charge < -0.3 is 16.0 Å². The van der Waals surface area contributed by atoms with E-state index in [9.17, 15) is 4.79 Å². The van der Waals surface area contributed by atoms with Crippen molar-refractivity contribution in [2.45, 2.75) is 45.1 Å². The van der Waals surface area contributed by atoms with Crippen molar-refractivity contribution in [3.05, 3.63) is 24.0 Å². The fraction of sp³-hybridized carbons (Fsp3) is 0.600. The van der Waals surface area contributed by atoms with Crippen LogP contribution < -0.4 is 11.1 Å². The van der Waals surface area contributed by atoms with Crippen molar-refractivity contribution < 1.29 is 4.79 Å². The van der Waals surface area contributed by atoms with E-state index in [1.807, 2.05) is 18.2 Å². The number of imidazole rings is 1. The monoisotopic (exact) mass is 336 g/mol. The van der Waals surface area contributed by atoms with Gasteiger partial charge in [-0.2, -0.15) is 0 Å². The molecule has 130 valence electrons. The lowest BCUT2D eigenvalue weighted by Crippen LogP contribution is -2.67. The van der Waals surface area contributed by atoms with Crippen molar-refractivity contribution in [2.24, 2.45) is 34.3 Å². The number of anilines is 1. The van der Waals surface area contributed by atoms with Crippen LogP contribution in [-0.2, 0) is 11.3 Å². The number of aromatic amines is 1. The molecule has 0 saturated heterocycles. The average Bonchev–Trinajstić information content (AvgIpc) is 3.20. The summed E-state index contributed by atoms with van der Waals surface area (Å²) < 4.78 is 0. The molecule has 4 fully saturated rings. The number of H-pyrrole nitrogens is 1. The van der Waals surface area contributed by atoms with Gasteiger partial charge in [0.1, 0.15) is 5.82 Å². The molecule has 4 aliphatic carbocycles. The van der Waals surface area contributed by atoms with Gasteiger partial charge in [0.2, 0.25) is 5.91 Å². The first-order valence-electron chi connectivity index (χ1n) is 9.60. The summed E-state index contributed by atoms with van der Waals surface area (Å²) in [5.41, 5.74) is 9.19. The number of rotatable bonds is 4. The lowest BCUT2D eigenvalue weighted by atomic mass is 9.31. The van der Waals surface area contributed by atoms with Crippen molar-refractivity contribution in [3.63, 3.8) is 0 Å². The average molecular weight is 336 g/mol. The lowest BCUT2D eigenvalue weighted by Gasteiger charge is -2.73. The van der Waals surface area contributed by atoms with Gasteiger partial charge in [-0.3, -0.25) is 4.79 Å². The minimum atomic E-state index is 0.181. The Morgan fingerprint density at radius 2 is 2.20 bits per heavy atom. The molecule has 2 aromatic rings. The van der Waals surface area contributed by atoms with Crippen LogP contribution in [0.1, 0.15) is 44.3 Å². The number of carbonyl (C=O) groups excluding carboxylic acids is 1. The van der Waals surface area contributed by atoms with Gasteiger partial charge >= 0.3 is 0 Å². The van der Waals surface area contributed by atoms with Crippen LogP contribution in [0.2, 0.25) is 0 Å². The number of fused-ring (bicyclic) bond motifs is 2. The van der Waals surface area contributed by atoms with Crippen molar-refractivity contribution >= 4 is 22.6 Å². The van der Waals surface area contributed by atoms with Gasteiger partial charge in [0.25, 0.3) is 0 Å². The van der Waals surface area contributed by atoms with E-state index in [1.54, 1.807) is 0 Å². The summed E-state index contributed by atoms with van der Waals surface area (Å²) >= 11 is 0. The van der Waals surface area contributed by atoms with Crippen LogP contribution in [0.5, 0.6) is 0 Å². The van der Waals surface area contributed by atoms with E-state index < -0.39 is 0 Å². The van der Waals surface area contributed by atoms with E-state index in [1.165, 1.54) is 32.1 Å². The second-order valence-electron chi connectivity index (χ2n) is 9.01. The Morgan fingerprint density at radius 3 is 3.00 bits per heavy atom. The number of benzene rings is 1. The topological polar surface area (TPSA) is 83.8 Å².